The molecule has 0 radical (unpaired) electrons. The molecule has 5 heteroatoms. The van der Waals surface area contributed by atoms with Crippen molar-refractivity contribution in [2.75, 3.05) is 13.1 Å². The molecule has 3 rings (SSSR count). The fourth-order valence-corrected chi connectivity index (χ4v) is 2.87. The van der Waals surface area contributed by atoms with Crippen LogP contribution in [0.4, 0.5) is 0 Å². The van der Waals surface area contributed by atoms with Crippen LogP contribution in [0.2, 0.25) is 0 Å². The van der Waals surface area contributed by atoms with Gasteiger partial charge in [0, 0.05) is 25.3 Å². The van der Waals surface area contributed by atoms with E-state index < -0.39 is 0 Å². The lowest BCUT2D eigenvalue weighted by atomic mass is 10.0. The van der Waals surface area contributed by atoms with Gasteiger partial charge in [0.15, 0.2) is 0 Å². The molecular weight excluding hydrogens is 216 g/mol. The second-order valence-electron chi connectivity index (χ2n) is 4.99. The Bertz CT molecular complexity index is 444. The summed E-state index contributed by atoms with van der Waals surface area (Å²) in [5, 5.41) is 22.7. The number of rotatable bonds is 2. The molecule has 17 heavy (non-hydrogen) atoms. The van der Waals surface area contributed by atoms with Crippen LogP contribution in [-0.4, -0.2) is 45.0 Å². The van der Waals surface area contributed by atoms with E-state index in [4.69, 9.17) is 5.26 Å². The Labute approximate surface area is 100 Å². The summed E-state index contributed by atoms with van der Waals surface area (Å²) in [5.74, 6) is 0. The summed E-state index contributed by atoms with van der Waals surface area (Å²) in [7, 11) is 0. The molecule has 2 unspecified atom stereocenters. The first-order valence-corrected chi connectivity index (χ1v) is 6.14. The first-order valence-electron chi connectivity index (χ1n) is 6.14. The van der Waals surface area contributed by atoms with Crippen LogP contribution >= 0.6 is 0 Å². The third-order valence-corrected chi connectivity index (χ3v) is 3.91. The lowest BCUT2D eigenvalue weighted by Gasteiger charge is -2.44. The van der Waals surface area contributed by atoms with E-state index in [0.717, 1.165) is 32.4 Å². The van der Waals surface area contributed by atoms with Gasteiger partial charge in [0.05, 0.1) is 23.9 Å². The van der Waals surface area contributed by atoms with Crippen LogP contribution < -0.4 is 0 Å². The number of aliphatic hydroxyl groups is 1. The standard InChI is InChI=1S/C12H16N4O/c13-4-9-5-14-16(6-9)10-7-15(8-10)11-2-1-3-12(11)17/h5-6,10-12,17H,1-3,7-8H2. The van der Waals surface area contributed by atoms with E-state index in [9.17, 15) is 5.11 Å². The zero-order valence-corrected chi connectivity index (χ0v) is 9.66. The average molecular weight is 232 g/mol. The zero-order chi connectivity index (χ0) is 11.8. The Hall–Kier alpha value is -1.38. The molecule has 0 spiro atoms. The minimum Gasteiger partial charge on any atom is -0.391 e. The quantitative estimate of drug-likeness (QED) is 0.807. The van der Waals surface area contributed by atoms with E-state index in [0.29, 0.717) is 17.6 Å². The molecule has 1 aliphatic heterocycles. The molecule has 5 nitrogen and oxygen atoms in total. The van der Waals surface area contributed by atoms with Gasteiger partial charge >= 0.3 is 0 Å². The molecule has 1 aromatic heterocycles. The molecule has 0 amide bonds. The van der Waals surface area contributed by atoms with E-state index in [-0.39, 0.29) is 6.10 Å². The van der Waals surface area contributed by atoms with Crippen molar-refractivity contribution in [1.29, 1.82) is 5.26 Å². The van der Waals surface area contributed by atoms with Gasteiger partial charge in [-0.1, -0.05) is 0 Å². The highest BCUT2D eigenvalue weighted by Crippen LogP contribution is 2.31. The number of aromatic nitrogens is 2. The van der Waals surface area contributed by atoms with Crippen molar-refractivity contribution in [1.82, 2.24) is 14.7 Å². The highest BCUT2D eigenvalue weighted by molar-refractivity contribution is 5.22. The lowest BCUT2D eigenvalue weighted by molar-refractivity contribution is 0.00000506. The van der Waals surface area contributed by atoms with Gasteiger partial charge in [-0.2, -0.15) is 10.4 Å². The van der Waals surface area contributed by atoms with Gasteiger partial charge in [0.25, 0.3) is 0 Å². The first kappa shape index (κ1) is 10.8. The molecule has 2 fully saturated rings. The topological polar surface area (TPSA) is 65.1 Å². The number of likely N-dealkylation sites (tertiary alicyclic amines) is 1. The summed E-state index contributed by atoms with van der Waals surface area (Å²) in [6.45, 7) is 1.88. The molecule has 90 valence electrons. The second-order valence-corrected chi connectivity index (χ2v) is 4.99. The van der Waals surface area contributed by atoms with Crippen LogP contribution in [0, 0.1) is 11.3 Å². The maximum absolute atomic E-state index is 9.82. The highest BCUT2D eigenvalue weighted by atomic mass is 16.3. The molecule has 2 atom stereocenters. The summed E-state index contributed by atoms with van der Waals surface area (Å²) >= 11 is 0. The molecule has 1 aliphatic carbocycles. The molecular formula is C12H16N4O. The maximum Gasteiger partial charge on any atom is 0.102 e. The molecule has 1 saturated carbocycles. The number of nitriles is 1. The predicted molar refractivity (Wildman–Crippen MR) is 61.2 cm³/mol. The number of hydrogen-bond donors (Lipinski definition) is 1. The summed E-state index contributed by atoms with van der Waals surface area (Å²) in [6.07, 6.45) is 6.43. The van der Waals surface area contributed by atoms with Crippen molar-refractivity contribution in [2.45, 2.75) is 37.5 Å². The van der Waals surface area contributed by atoms with E-state index in [2.05, 4.69) is 16.1 Å². The predicted octanol–water partition coefficient (Wildman–Crippen LogP) is 0.525. The van der Waals surface area contributed by atoms with Gasteiger partial charge in [-0.15, -0.1) is 0 Å². The van der Waals surface area contributed by atoms with Crippen LogP contribution in [0.5, 0.6) is 0 Å². The highest BCUT2D eigenvalue weighted by Gasteiger charge is 2.39. The third kappa shape index (κ3) is 1.84. The SMILES string of the molecule is N#Cc1cnn(C2CN(C3CCCC3O)C2)c1. The van der Waals surface area contributed by atoms with Crippen LogP contribution in [0.25, 0.3) is 0 Å². The Balaban J connectivity index is 1.59. The van der Waals surface area contributed by atoms with Gasteiger partial charge < -0.3 is 5.11 Å². The van der Waals surface area contributed by atoms with Crippen molar-refractivity contribution < 1.29 is 5.11 Å². The number of hydrogen-bond acceptors (Lipinski definition) is 4. The summed E-state index contributed by atoms with van der Waals surface area (Å²) < 4.78 is 1.87. The molecule has 1 aromatic rings. The third-order valence-electron chi connectivity index (χ3n) is 3.91. The van der Waals surface area contributed by atoms with E-state index in [1.165, 1.54) is 0 Å². The second kappa shape index (κ2) is 4.13. The number of nitrogens with zero attached hydrogens (tertiary/aromatic N) is 4. The molecule has 1 N–H and O–H groups in total. The fraction of sp³-hybridized carbons (Fsp3) is 0.667. The summed E-state index contributed by atoms with van der Waals surface area (Å²) in [5.41, 5.74) is 0.615. The fourth-order valence-electron chi connectivity index (χ4n) is 2.87. The molecule has 0 aromatic carbocycles. The normalized spacial score (nSPS) is 30.1. The molecule has 1 saturated heterocycles. The Morgan fingerprint density at radius 3 is 2.82 bits per heavy atom. The van der Waals surface area contributed by atoms with Gasteiger partial charge in [-0.25, -0.2) is 0 Å². The van der Waals surface area contributed by atoms with E-state index in [1.54, 1.807) is 12.4 Å². The van der Waals surface area contributed by atoms with E-state index >= 15 is 0 Å². The molecule has 2 heterocycles. The van der Waals surface area contributed by atoms with Crippen LogP contribution in [0.15, 0.2) is 12.4 Å². The van der Waals surface area contributed by atoms with E-state index in [1.807, 2.05) is 4.68 Å². The van der Waals surface area contributed by atoms with Crippen LogP contribution in [0.1, 0.15) is 30.9 Å². The largest absolute Gasteiger partial charge is 0.391 e. The van der Waals surface area contributed by atoms with Gasteiger partial charge in [-0.05, 0) is 19.3 Å². The average Bonchev–Trinajstić information content (AvgIpc) is 2.87. The van der Waals surface area contributed by atoms with Crippen LogP contribution in [-0.2, 0) is 0 Å². The van der Waals surface area contributed by atoms with Crippen molar-refractivity contribution >= 4 is 0 Å². The number of aliphatic hydroxyl groups excluding tert-OH is 1. The summed E-state index contributed by atoms with van der Waals surface area (Å²) in [6, 6.07) is 2.80. The summed E-state index contributed by atoms with van der Waals surface area (Å²) in [4.78, 5) is 2.33. The zero-order valence-electron chi connectivity index (χ0n) is 9.66. The minimum absolute atomic E-state index is 0.150. The van der Waals surface area contributed by atoms with Gasteiger partial charge in [0.2, 0.25) is 0 Å². The smallest absolute Gasteiger partial charge is 0.102 e. The first-order chi connectivity index (χ1) is 8.28. The van der Waals surface area contributed by atoms with Crippen LogP contribution in [0.3, 0.4) is 0 Å². The van der Waals surface area contributed by atoms with Gasteiger partial charge in [-0.3, -0.25) is 9.58 Å². The monoisotopic (exact) mass is 232 g/mol. The maximum atomic E-state index is 9.82. The van der Waals surface area contributed by atoms with Crippen molar-refractivity contribution in [3.8, 4) is 6.07 Å². The molecule has 0 bridgehead atoms. The van der Waals surface area contributed by atoms with Crippen molar-refractivity contribution in [3.05, 3.63) is 18.0 Å². The lowest BCUT2D eigenvalue weighted by Crippen LogP contribution is -2.55. The van der Waals surface area contributed by atoms with Crippen molar-refractivity contribution in [3.63, 3.8) is 0 Å². The Morgan fingerprint density at radius 1 is 1.41 bits per heavy atom. The molecule has 2 aliphatic rings. The van der Waals surface area contributed by atoms with Crippen molar-refractivity contribution in [2.24, 2.45) is 0 Å². The Kier molecular flexibility index (Phi) is 2.61. The van der Waals surface area contributed by atoms with Gasteiger partial charge in [0.1, 0.15) is 6.07 Å². The minimum atomic E-state index is -0.150. The Morgan fingerprint density at radius 2 is 2.24 bits per heavy atom.